The molecule has 0 spiro atoms. The standard InChI is InChI=1S/C24H27N/c1-15-11-17-9-7-8-10-18(17)13-19(15)21-16(2)12-20-22(25-21)24(5,6)14-23(20,3)4/h7-13H,14H2,1-6H3. The molecule has 1 aliphatic rings. The molecule has 0 amide bonds. The Morgan fingerprint density at radius 2 is 1.44 bits per heavy atom. The van der Waals surface area contributed by atoms with Crippen LogP contribution in [0.15, 0.2) is 42.5 Å². The maximum Gasteiger partial charge on any atom is 0.0737 e. The number of fused-ring (bicyclic) bond motifs is 2. The molecule has 4 rings (SSSR count). The first-order valence-corrected chi connectivity index (χ1v) is 9.21. The minimum Gasteiger partial charge on any atom is -0.252 e. The van der Waals surface area contributed by atoms with E-state index in [2.05, 4.69) is 84.0 Å². The van der Waals surface area contributed by atoms with E-state index in [0.717, 1.165) is 12.1 Å². The van der Waals surface area contributed by atoms with Crippen molar-refractivity contribution in [1.29, 1.82) is 0 Å². The minimum absolute atomic E-state index is 0.131. The van der Waals surface area contributed by atoms with Crippen LogP contribution in [0.4, 0.5) is 0 Å². The van der Waals surface area contributed by atoms with E-state index in [1.807, 2.05) is 0 Å². The smallest absolute Gasteiger partial charge is 0.0737 e. The molecular formula is C24H27N. The zero-order valence-electron chi connectivity index (χ0n) is 16.2. The molecule has 3 aromatic rings. The summed E-state index contributed by atoms with van der Waals surface area (Å²) in [6.07, 6.45) is 1.15. The lowest BCUT2D eigenvalue weighted by atomic mass is 9.82. The topological polar surface area (TPSA) is 12.9 Å². The second kappa shape index (κ2) is 5.17. The highest BCUT2D eigenvalue weighted by molar-refractivity contribution is 5.89. The molecule has 1 heteroatoms. The lowest BCUT2D eigenvalue weighted by molar-refractivity contribution is 0.399. The van der Waals surface area contributed by atoms with Crippen molar-refractivity contribution in [3.05, 3.63) is 64.8 Å². The molecule has 0 saturated heterocycles. The normalized spacial score (nSPS) is 17.7. The van der Waals surface area contributed by atoms with Crippen LogP contribution in [0, 0.1) is 13.8 Å². The Labute approximate surface area is 151 Å². The predicted octanol–water partition coefficient (Wildman–Crippen LogP) is 6.48. The number of hydrogen-bond donors (Lipinski definition) is 0. The highest BCUT2D eigenvalue weighted by Gasteiger charge is 2.43. The van der Waals surface area contributed by atoms with E-state index in [9.17, 15) is 0 Å². The Balaban J connectivity index is 1.98. The van der Waals surface area contributed by atoms with Gasteiger partial charge in [0.1, 0.15) is 0 Å². The molecule has 1 aromatic heterocycles. The first kappa shape index (κ1) is 16.3. The molecule has 25 heavy (non-hydrogen) atoms. The van der Waals surface area contributed by atoms with E-state index in [1.165, 1.54) is 38.7 Å². The fourth-order valence-electron chi connectivity index (χ4n) is 4.81. The van der Waals surface area contributed by atoms with Gasteiger partial charge in [-0.15, -0.1) is 0 Å². The van der Waals surface area contributed by atoms with Gasteiger partial charge in [0.25, 0.3) is 0 Å². The Hall–Kier alpha value is -2.15. The quantitative estimate of drug-likeness (QED) is 0.498. The van der Waals surface area contributed by atoms with Crippen molar-refractivity contribution in [2.24, 2.45) is 0 Å². The number of aryl methyl sites for hydroxylation is 2. The van der Waals surface area contributed by atoms with Crippen LogP contribution >= 0.6 is 0 Å². The lowest BCUT2D eigenvalue weighted by Gasteiger charge is -2.21. The molecule has 0 fully saturated rings. The fraction of sp³-hybridized carbons (Fsp3) is 0.375. The van der Waals surface area contributed by atoms with Crippen LogP contribution in [0.5, 0.6) is 0 Å². The van der Waals surface area contributed by atoms with Crippen LogP contribution in [-0.4, -0.2) is 4.98 Å². The Morgan fingerprint density at radius 3 is 2.12 bits per heavy atom. The number of pyridine rings is 1. The molecular weight excluding hydrogens is 302 g/mol. The Bertz CT molecular complexity index is 992. The van der Waals surface area contributed by atoms with Crippen LogP contribution in [0.3, 0.4) is 0 Å². The van der Waals surface area contributed by atoms with Gasteiger partial charge in [-0.2, -0.15) is 0 Å². The molecule has 0 N–H and O–H groups in total. The Morgan fingerprint density at radius 1 is 0.800 bits per heavy atom. The van der Waals surface area contributed by atoms with Gasteiger partial charge in [-0.1, -0.05) is 64.1 Å². The average Bonchev–Trinajstić information content (AvgIpc) is 2.70. The molecule has 0 atom stereocenters. The zero-order chi connectivity index (χ0) is 18.0. The van der Waals surface area contributed by atoms with Crippen LogP contribution in [0.1, 0.15) is 56.5 Å². The van der Waals surface area contributed by atoms with Gasteiger partial charge in [-0.05, 0) is 59.2 Å². The van der Waals surface area contributed by atoms with Crippen molar-refractivity contribution < 1.29 is 0 Å². The summed E-state index contributed by atoms with van der Waals surface area (Å²) in [6, 6.07) is 15.6. The van der Waals surface area contributed by atoms with E-state index < -0.39 is 0 Å². The van der Waals surface area contributed by atoms with Crippen LogP contribution in [-0.2, 0) is 10.8 Å². The Kier molecular flexibility index (Phi) is 3.38. The SMILES string of the molecule is Cc1cc2ccccc2cc1-c1nc2c(cc1C)C(C)(C)CC2(C)C. The first-order valence-electron chi connectivity index (χ1n) is 9.21. The summed E-state index contributed by atoms with van der Waals surface area (Å²) in [7, 11) is 0. The van der Waals surface area contributed by atoms with Gasteiger partial charge in [-0.3, -0.25) is 4.98 Å². The predicted molar refractivity (Wildman–Crippen MR) is 107 cm³/mol. The molecule has 2 aromatic carbocycles. The zero-order valence-corrected chi connectivity index (χ0v) is 16.2. The molecule has 1 aliphatic carbocycles. The van der Waals surface area contributed by atoms with Gasteiger partial charge in [0.2, 0.25) is 0 Å². The lowest BCUT2D eigenvalue weighted by Crippen LogP contribution is -2.18. The summed E-state index contributed by atoms with van der Waals surface area (Å²) >= 11 is 0. The molecule has 0 aliphatic heterocycles. The summed E-state index contributed by atoms with van der Waals surface area (Å²) in [5.41, 5.74) is 8.03. The van der Waals surface area contributed by atoms with Gasteiger partial charge in [0.15, 0.2) is 0 Å². The number of benzene rings is 2. The highest BCUT2D eigenvalue weighted by Crippen LogP contribution is 2.49. The third-order valence-corrected chi connectivity index (χ3v) is 5.81. The summed E-state index contributed by atoms with van der Waals surface area (Å²) in [5, 5.41) is 2.58. The molecule has 128 valence electrons. The minimum atomic E-state index is 0.131. The number of rotatable bonds is 1. The maximum atomic E-state index is 5.24. The second-order valence-electron chi connectivity index (χ2n) is 9.01. The molecule has 1 nitrogen and oxygen atoms in total. The van der Waals surface area contributed by atoms with E-state index in [0.29, 0.717) is 0 Å². The highest BCUT2D eigenvalue weighted by atomic mass is 14.8. The molecule has 0 radical (unpaired) electrons. The van der Waals surface area contributed by atoms with Crippen molar-refractivity contribution in [3.8, 4) is 11.3 Å². The number of nitrogens with zero attached hydrogens (tertiary/aromatic N) is 1. The summed E-state index contributed by atoms with van der Waals surface area (Å²) in [4.78, 5) is 5.24. The molecule has 0 unspecified atom stereocenters. The summed E-state index contributed by atoms with van der Waals surface area (Å²) in [5.74, 6) is 0. The third-order valence-electron chi connectivity index (χ3n) is 5.81. The van der Waals surface area contributed by atoms with Crippen LogP contribution in [0.2, 0.25) is 0 Å². The van der Waals surface area contributed by atoms with Crippen molar-refractivity contribution >= 4 is 10.8 Å². The van der Waals surface area contributed by atoms with E-state index >= 15 is 0 Å². The van der Waals surface area contributed by atoms with Gasteiger partial charge in [0, 0.05) is 11.0 Å². The van der Waals surface area contributed by atoms with Crippen molar-refractivity contribution in [1.82, 2.24) is 4.98 Å². The van der Waals surface area contributed by atoms with Crippen molar-refractivity contribution in [2.75, 3.05) is 0 Å². The van der Waals surface area contributed by atoms with E-state index in [-0.39, 0.29) is 10.8 Å². The molecule has 0 saturated carbocycles. The number of hydrogen-bond acceptors (Lipinski definition) is 1. The van der Waals surface area contributed by atoms with Gasteiger partial charge >= 0.3 is 0 Å². The first-order chi connectivity index (χ1) is 11.7. The number of aromatic nitrogens is 1. The van der Waals surface area contributed by atoms with E-state index in [1.54, 1.807) is 0 Å². The van der Waals surface area contributed by atoms with Gasteiger partial charge < -0.3 is 0 Å². The van der Waals surface area contributed by atoms with E-state index in [4.69, 9.17) is 4.98 Å². The van der Waals surface area contributed by atoms with Crippen LogP contribution in [0.25, 0.3) is 22.0 Å². The third kappa shape index (κ3) is 2.49. The largest absolute Gasteiger partial charge is 0.252 e. The molecule has 0 bridgehead atoms. The second-order valence-corrected chi connectivity index (χ2v) is 9.01. The summed E-state index contributed by atoms with van der Waals surface area (Å²) in [6.45, 7) is 13.8. The molecule has 1 heterocycles. The van der Waals surface area contributed by atoms with Crippen LogP contribution < -0.4 is 0 Å². The monoisotopic (exact) mass is 329 g/mol. The van der Waals surface area contributed by atoms with Gasteiger partial charge in [0.05, 0.1) is 11.4 Å². The van der Waals surface area contributed by atoms with Gasteiger partial charge in [-0.25, -0.2) is 0 Å². The average molecular weight is 329 g/mol. The fourth-order valence-corrected chi connectivity index (χ4v) is 4.81. The van der Waals surface area contributed by atoms with Crippen molar-refractivity contribution in [2.45, 2.75) is 58.8 Å². The maximum absolute atomic E-state index is 5.24. The summed E-state index contributed by atoms with van der Waals surface area (Å²) < 4.78 is 0. The van der Waals surface area contributed by atoms with Crippen molar-refractivity contribution in [3.63, 3.8) is 0 Å².